The van der Waals surface area contributed by atoms with Crippen LogP contribution in [0.5, 0.6) is 0 Å². The van der Waals surface area contributed by atoms with E-state index in [0.717, 1.165) is 23.4 Å². The predicted molar refractivity (Wildman–Crippen MR) is 73.4 cm³/mol. The first-order chi connectivity index (χ1) is 8.36. The molecule has 1 heterocycles. The zero-order chi connectivity index (χ0) is 11.9. The molecule has 0 radical (unpaired) electrons. The maximum Gasteiger partial charge on any atom is 0.167 e. The lowest BCUT2D eigenvalue weighted by Crippen LogP contribution is -2.26. The Kier molecular flexibility index (Phi) is 5.39. The number of aromatic nitrogens is 2. The Labute approximate surface area is 108 Å². The number of imidazole rings is 1. The molecule has 2 rings (SSSR count). The molecule has 1 N–H and O–H groups in total. The number of nitrogens with one attached hydrogen (secondary N) is 1. The minimum absolute atomic E-state index is 0.932. The number of aryl methyl sites for hydroxylation is 1. The van der Waals surface area contributed by atoms with E-state index in [4.69, 9.17) is 0 Å². The molecule has 4 heteroatoms. The quantitative estimate of drug-likeness (QED) is 0.624. The highest BCUT2D eigenvalue weighted by Crippen LogP contribution is 2.22. The second kappa shape index (κ2) is 7.07. The first kappa shape index (κ1) is 13.0. The molecule has 0 aromatic carbocycles. The van der Waals surface area contributed by atoms with Gasteiger partial charge in [-0.15, -0.1) is 0 Å². The van der Waals surface area contributed by atoms with Gasteiger partial charge < -0.3 is 9.88 Å². The van der Waals surface area contributed by atoms with Crippen LogP contribution in [0.15, 0.2) is 17.6 Å². The normalized spacial score (nSPS) is 17.5. The second-order valence-electron chi connectivity index (χ2n) is 4.88. The number of nitrogens with zero attached hydrogens (tertiary/aromatic N) is 2. The summed E-state index contributed by atoms with van der Waals surface area (Å²) in [4.78, 5) is 4.30. The molecule has 1 aliphatic carbocycles. The predicted octanol–water partition coefficient (Wildman–Crippen LogP) is 2.68. The third-order valence-electron chi connectivity index (χ3n) is 3.44. The lowest BCUT2D eigenvalue weighted by atomic mass is 9.89. The van der Waals surface area contributed by atoms with Crippen LogP contribution in [0.4, 0.5) is 0 Å². The largest absolute Gasteiger partial charge is 0.329 e. The number of hydrogen-bond acceptors (Lipinski definition) is 3. The van der Waals surface area contributed by atoms with Crippen molar-refractivity contribution >= 4 is 11.8 Å². The third-order valence-corrected chi connectivity index (χ3v) is 4.50. The van der Waals surface area contributed by atoms with Crippen molar-refractivity contribution < 1.29 is 0 Å². The van der Waals surface area contributed by atoms with Gasteiger partial charge >= 0.3 is 0 Å². The molecule has 1 aromatic heterocycles. The summed E-state index contributed by atoms with van der Waals surface area (Å²) in [6.45, 7) is 2.30. The summed E-state index contributed by atoms with van der Waals surface area (Å²) in [6, 6.07) is 0. The lowest BCUT2D eigenvalue weighted by molar-refractivity contribution is 0.345. The molecule has 1 aliphatic rings. The Balaban J connectivity index is 1.53. The zero-order valence-corrected chi connectivity index (χ0v) is 11.5. The summed E-state index contributed by atoms with van der Waals surface area (Å²) in [7, 11) is 2.05. The first-order valence-electron chi connectivity index (χ1n) is 6.67. The van der Waals surface area contributed by atoms with Gasteiger partial charge in [-0.2, -0.15) is 0 Å². The number of thioether (sulfide) groups is 1. The molecule has 0 unspecified atom stereocenters. The summed E-state index contributed by atoms with van der Waals surface area (Å²) in [5.74, 6) is 2.04. The van der Waals surface area contributed by atoms with Crippen molar-refractivity contribution in [3.05, 3.63) is 12.4 Å². The van der Waals surface area contributed by atoms with Crippen molar-refractivity contribution in [2.24, 2.45) is 13.0 Å². The number of hydrogen-bond donors (Lipinski definition) is 1. The summed E-state index contributed by atoms with van der Waals surface area (Å²) in [5.41, 5.74) is 0. The van der Waals surface area contributed by atoms with Crippen LogP contribution < -0.4 is 5.32 Å². The van der Waals surface area contributed by atoms with E-state index in [1.165, 1.54) is 38.6 Å². The fourth-order valence-corrected chi connectivity index (χ4v) is 3.23. The first-order valence-corrected chi connectivity index (χ1v) is 7.65. The minimum Gasteiger partial charge on any atom is -0.329 e. The van der Waals surface area contributed by atoms with Gasteiger partial charge in [0.25, 0.3) is 0 Å². The van der Waals surface area contributed by atoms with Crippen LogP contribution in [0.2, 0.25) is 0 Å². The zero-order valence-electron chi connectivity index (χ0n) is 10.7. The molecule has 0 saturated heterocycles. The van der Waals surface area contributed by atoms with Crippen molar-refractivity contribution in [2.75, 3.05) is 18.8 Å². The fraction of sp³-hybridized carbons (Fsp3) is 0.769. The van der Waals surface area contributed by atoms with Crippen molar-refractivity contribution in [3.63, 3.8) is 0 Å². The molecule has 0 bridgehead atoms. The molecule has 0 amide bonds. The molecule has 17 heavy (non-hydrogen) atoms. The van der Waals surface area contributed by atoms with Crippen LogP contribution in [0.25, 0.3) is 0 Å². The average molecular weight is 253 g/mol. The summed E-state index contributed by atoms with van der Waals surface area (Å²) >= 11 is 1.83. The van der Waals surface area contributed by atoms with Crippen LogP contribution in [-0.2, 0) is 7.05 Å². The molecule has 0 atom stereocenters. The van der Waals surface area contributed by atoms with Crippen LogP contribution in [0.1, 0.15) is 32.1 Å². The summed E-state index contributed by atoms with van der Waals surface area (Å²) < 4.78 is 2.08. The molecule has 0 spiro atoms. The maximum atomic E-state index is 4.30. The molecular formula is C13H23N3S. The van der Waals surface area contributed by atoms with E-state index in [2.05, 4.69) is 14.9 Å². The van der Waals surface area contributed by atoms with Gasteiger partial charge in [0.15, 0.2) is 5.16 Å². The molecule has 96 valence electrons. The van der Waals surface area contributed by atoms with Gasteiger partial charge in [0.2, 0.25) is 0 Å². The molecule has 1 saturated carbocycles. The standard InChI is InChI=1S/C13H23N3S/c1-16-9-7-15-13(16)17-10-8-14-11-12-5-3-2-4-6-12/h7,9,12,14H,2-6,8,10-11H2,1H3. The minimum atomic E-state index is 0.932. The second-order valence-corrected chi connectivity index (χ2v) is 5.94. The molecule has 0 aliphatic heterocycles. The highest BCUT2D eigenvalue weighted by Gasteiger charge is 2.12. The smallest absolute Gasteiger partial charge is 0.167 e. The lowest BCUT2D eigenvalue weighted by Gasteiger charge is -2.21. The van der Waals surface area contributed by atoms with E-state index >= 15 is 0 Å². The van der Waals surface area contributed by atoms with Crippen LogP contribution in [0.3, 0.4) is 0 Å². The van der Waals surface area contributed by atoms with Gasteiger partial charge in [0, 0.05) is 31.7 Å². The van der Waals surface area contributed by atoms with Gasteiger partial charge in [-0.25, -0.2) is 4.98 Å². The Hall–Kier alpha value is -0.480. The van der Waals surface area contributed by atoms with Crippen LogP contribution in [-0.4, -0.2) is 28.4 Å². The maximum absolute atomic E-state index is 4.30. The van der Waals surface area contributed by atoms with Gasteiger partial charge in [-0.05, 0) is 25.3 Å². The van der Waals surface area contributed by atoms with Crippen LogP contribution >= 0.6 is 11.8 Å². The van der Waals surface area contributed by atoms with E-state index in [9.17, 15) is 0 Å². The van der Waals surface area contributed by atoms with E-state index in [1.54, 1.807) is 0 Å². The van der Waals surface area contributed by atoms with Crippen molar-refractivity contribution in [1.29, 1.82) is 0 Å². The summed E-state index contributed by atoms with van der Waals surface area (Å²) in [5, 5.41) is 4.69. The Morgan fingerprint density at radius 3 is 2.94 bits per heavy atom. The molecule has 1 aromatic rings. The van der Waals surface area contributed by atoms with Gasteiger partial charge in [0.05, 0.1) is 0 Å². The topological polar surface area (TPSA) is 29.9 Å². The SMILES string of the molecule is Cn1ccnc1SCCNCC1CCCCC1. The fourth-order valence-electron chi connectivity index (χ4n) is 2.40. The van der Waals surface area contributed by atoms with Crippen molar-refractivity contribution in [3.8, 4) is 0 Å². The van der Waals surface area contributed by atoms with Gasteiger partial charge in [-0.3, -0.25) is 0 Å². The number of rotatable bonds is 6. The third kappa shape index (κ3) is 4.36. The molecular weight excluding hydrogens is 230 g/mol. The van der Waals surface area contributed by atoms with E-state index < -0.39 is 0 Å². The van der Waals surface area contributed by atoms with Crippen molar-refractivity contribution in [2.45, 2.75) is 37.3 Å². The van der Waals surface area contributed by atoms with Gasteiger partial charge in [-0.1, -0.05) is 31.0 Å². The highest BCUT2D eigenvalue weighted by molar-refractivity contribution is 7.99. The Bertz CT molecular complexity index is 318. The van der Waals surface area contributed by atoms with E-state index in [-0.39, 0.29) is 0 Å². The molecule has 3 nitrogen and oxygen atoms in total. The average Bonchev–Trinajstić information content (AvgIpc) is 2.76. The van der Waals surface area contributed by atoms with Crippen LogP contribution in [0, 0.1) is 5.92 Å². The Morgan fingerprint density at radius 2 is 2.24 bits per heavy atom. The highest BCUT2D eigenvalue weighted by atomic mass is 32.2. The monoisotopic (exact) mass is 253 g/mol. The van der Waals surface area contributed by atoms with E-state index in [1.807, 2.05) is 31.2 Å². The summed E-state index contributed by atoms with van der Waals surface area (Å²) in [6.07, 6.45) is 11.0. The Morgan fingerprint density at radius 1 is 1.41 bits per heavy atom. The van der Waals surface area contributed by atoms with Crippen molar-refractivity contribution in [1.82, 2.24) is 14.9 Å². The van der Waals surface area contributed by atoms with E-state index in [0.29, 0.717) is 0 Å². The van der Waals surface area contributed by atoms with Gasteiger partial charge in [0.1, 0.15) is 0 Å². The molecule has 1 fully saturated rings.